The summed E-state index contributed by atoms with van der Waals surface area (Å²) in [6.45, 7) is 1.66. The number of nitrogens with two attached hydrogens (primary N) is 1. The molecule has 1 fully saturated rings. The predicted molar refractivity (Wildman–Crippen MR) is 121 cm³/mol. The average molecular weight is 479 g/mol. The summed E-state index contributed by atoms with van der Waals surface area (Å²) in [6.07, 6.45) is 3.01. The second kappa shape index (κ2) is 12.3. The summed E-state index contributed by atoms with van der Waals surface area (Å²) < 4.78 is 13.5. The normalized spacial score (nSPS) is 15.2. The van der Waals surface area contributed by atoms with Gasteiger partial charge in [0.2, 0.25) is 0 Å². The van der Waals surface area contributed by atoms with Crippen LogP contribution in [0.3, 0.4) is 0 Å². The van der Waals surface area contributed by atoms with E-state index in [4.69, 9.17) is 15.9 Å². The van der Waals surface area contributed by atoms with Gasteiger partial charge in [-0.1, -0.05) is 12.1 Å². The highest BCUT2D eigenvalue weighted by Gasteiger charge is 2.22. The highest BCUT2D eigenvalue weighted by atomic mass is 32.1. The third-order valence-electron chi connectivity index (χ3n) is 4.31. The predicted octanol–water partition coefficient (Wildman–Crippen LogP) is 2.24. The molecule has 1 saturated heterocycles. The van der Waals surface area contributed by atoms with Crippen LogP contribution in [-0.4, -0.2) is 53.2 Å². The summed E-state index contributed by atoms with van der Waals surface area (Å²) >= 11 is 1.19. The van der Waals surface area contributed by atoms with Crippen LogP contribution in [0.5, 0.6) is 0 Å². The molecular formula is C21H23FN4O6S. The van der Waals surface area contributed by atoms with E-state index < -0.39 is 18.0 Å². The van der Waals surface area contributed by atoms with Gasteiger partial charge in [0.05, 0.1) is 5.69 Å². The maximum Gasteiger partial charge on any atom is 0.328 e. The number of halogens is 1. The van der Waals surface area contributed by atoms with Crippen LogP contribution in [0.2, 0.25) is 0 Å². The summed E-state index contributed by atoms with van der Waals surface area (Å²) in [5.74, 6) is -3.15. The van der Waals surface area contributed by atoms with E-state index in [1.165, 1.54) is 23.5 Å². The molecular weight excluding hydrogens is 455 g/mol. The highest BCUT2D eigenvalue weighted by molar-refractivity contribution is 7.18. The van der Waals surface area contributed by atoms with Crippen LogP contribution in [0.1, 0.15) is 22.5 Å². The standard InChI is InChI=1S/C17H19FN4O2S.C4H4O4/c18-11-4-1-3-10(7-11)14-8-13(22-17(19)24)15(25-14)16(23)21-12-5-2-6-20-9-12;5-3(6)1-2-4(7)8/h1,3-4,7-8,12,20H,2,5-6,9H2,(H,21,23)(H3,19,22,24);1-2H,(H,5,6)(H,7,8)/b;2-1+/t12-;/m0./s1. The van der Waals surface area contributed by atoms with Crippen LogP contribution >= 0.6 is 11.3 Å². The number of benzene rings is 1. The highest BCUT2D eigenvalue weighted by Crippen LogP contribution is 2.35. The Morgan fingerprint density at radius 2 is 1.85 bits per heavy atom. The number of primary amides is 1. The van der Waals surface area contributed by atoms with E-state index in [-0.39, 0.29) is 17.8 Å². The first kappa shape index (κ1) is 25.5. The molecule has 33 heavy (non-hydrogen) atoms. The van der Waals surface area contributed by atoms with Gasteiger partial charge in [-0.25, -0.2) is 18.8 Å². The quantitative estimate of drug-likeness (QED) is 0.346. The number of hydrogen-bond donors (Lipinski definition) is 6. The van der Waals surface area contributed by atoms with Crippen molar-refractivity contribution in [3.8, 4) is 10.4 Å². The molecule has 0 saturated carbocycles. The molecule has 7 N–H and O–H groups in total. The maximum atomic E-state index is 13.5. The Morgan fingerprint density at radius 3 is 2.39 bits per heavy atom. The summed E-state index contributed by atoms with van der Waals surface area (Å²) in [7, 11) is 0. The molecule has 0 aliphatic carbocycles. The third-order valence-corrected chi connectivity index (χ3v) is 5.49. The van der Waals surface area contributed by atoms with Gasteiger partial charge in [0.25, 0.3) is 5.91 Å². The van der Waals surface area contributed by atoms with Crippen molar-refractivity contribution in [2.24, 2.45) is 5.73 Å². The van der Waals surface area contributed by atoms with Gasteiger partial charge in [-0.05, 0) is 43.1 Å². The van der Waals surface area contributed by atoms with Crippen LogP contribution in [0.25, 0.3) is 10.4 Å². The molecule has 0 spiro atoms. The largest absolute Gasteiger partial charge is 0.478 e. The number of thiophene rings is 1. The average Bonchev–Trinajstić information content (AvgIpc) is 3.17. The number of piperidine rings is 1. The van der Waals surface area contributed by atoms with Gasteiger partial charge in [-0.15, -0.1) is 11.3 Å². The minimum absolute atomic E-state index is 0.0439. The fourth-order valence-corrected chi connectivity index (χ4v) is 3.95. The molecule has 12 heteroatoms. The Bertz CT molecular complexity index is 1030. The maximum absolute atomic E-state index is 13.5. The van der Waals surface area contributed by atoms with E-state index in [1.807, 2.05) is 0 Å². The van der Waals surface area contributed by atoms with E-state index in [1.54, 1.807) is 18.2 Å². The second-order valence-corrected chi connectivity index (χ2v) is 7.93. The first-order valence-corrected chi connectivity index (χ1v) is 10.6. The van der Waals surface area contributed by atoms with Crippen LogP contribution in [-0.2, 0) is 9.59 Å². The van der Waals surface area contributed by atoms with Crippen LogP contribution in [0.15, 0.2) is 42.5 Å². The molecule has 3 amide bonds. The zero-order valence-corrected chi connectivity index (χ0v) is 18.2. The third kappa shape index (κ3) is 8.71. The number of carbonyl (C=O) groups excluding carboxylic acids is 2. The van der Waals surface area contributed by atoms with Crippen LogP contribution in [0, 0.1) is 5.82 Å². The van der Waals surface area contributed by atoms with E-state index in [0.717, 1.165) is 19.4 Å². The van der Waals surface area contributed by atoms with Gasteiger partial charge in [0, 0.05) is 29.6 Å². The van der Waals surface area contributed by atoms with Crippen molar-refractivity contribution in [2.75, 3.05) is 18.4 Å². The zero-order chi connectivity index (χ0) is 24.4. The number of amides is 3. The molecule has 1 atom stereocenters. The van der Waals surface area contributed by atoms with Crippen molar-refractivity contribution in [1.82, 2.24) is 10.6 Å². The number of anilines is 1. The summed E-state index contributed by atoms with van der Waals surface area (Å²) in [4.78, 5) is 44.0. The van der Waals surface area contributed by atoms with E-state index in [9.17, 15) is 23.6 Å². The van der Waals surface area contributed by atoms with E-state index in [0.29, 0.717) is 39.7 Å². The smallest absolute Gasteiger partial charge is 0.328 e. The number of aliphatic carboxylic acids is 2. The van der Waals surface area contributed by atoms with Crippen molar-refractivity contribution in [1.29, 1.82) is 0 Å². The Hall–Kier alpha value is -3.77. The van der Waals surface area contributed by atoms with Crippen molar-refractivity contribution >= 4 is 40.9 Å². The first-order valence-electron chi connectivity index (χ1n) is 9.77. The molecule has 0 unspecified atom stereocenters. The number of hydrogen-bond acceptors (Lipinski definition) is 6. The number of carboxylic acid groups (broad SMARTS) is 2. The topological polar surface area (TPSA) is 171 Å². The summed E-state index contributed by atoms with van der Waals surface area (Å²) in [5.41, 5.74) is 6.17. The molecule has 176 valence electrons. The fraction of sp³-hybridized carbons (Fsp3) is 0.238. The lowest BCUT2D eigenvalue weighted by Crippen LogP contribution is -2.45. The lowest BCUT2D eigenvalue weighted by molar-refractivity contribution is -0.134. The lowest BCUT2D eigenvalue weighted by Gasteiger charge is -2.23. The summed E-state index contributed by atoms with van der Waals surface area (Å²) in [6, 6.07) is 7.00. The van der Waals surface area contributed by atoms with Crippen LogP contribution < -0.4 is 21.7 Å². The number of carbonyl (C=O) groups is 4. The molecule has 1 aromatic carbocycles. The van der Waals surface area contributed by atoms with Crippen molar-refractivity contribution in [2.45, 2.75) is 18.9 Å². The van der Waals surface area contributed by atoms with Gasteiger partial charge < -0.3 is 31.9 Å². The molecule has 1 aliphatic rings. The van der Waals surface area contributed by atoms with Gasteiger partial charge in [-0.2, -0.15) is 0 Å². The Balaban J connectivity index is 0.000000414. The molecule has 3 rings (SSSR count). The Labute approximate surface area is 192 Å². The lowest BCUT2D eigenvalue weighted by atomic mass is 10.1. The Morgan fingerprint density at radius 1 is 1.15 bits per heavy atom. The Kier molecular flexibility index (Phi) is 9.51. The van der Waals surface area contributed by atoms with Crippen molar-refractivity contribution in [3.05, 3.63) is 53.2 Å². The van der Waals surface area contributed by atoms with Gasteiger partial charge in [-0.3, -0.25) is 4.79 Å². The minimum Gasteiger partial charge on any atom is -0.478 e. The zero-order valence-electron chi connectivity index (χ0n) is 17.3. The van der Waals surface area contributed by atoms with Gasteiger partial charge in [0.15, 0.2) is 0 Å². The molecule has 2 aromatic rings. The van der Waals surface area contributed by atoms with Crippen molar-refractivity contribution in [3.63, 3.8) is 0 Å². The summed E-state index contributed by atoms with van der Waals surface area (Å²) in [5, 5.41) is 24.3. The molecule has 2 heterocycles. The number of carboxylic acids is 2. The van der Waals surface area contributed by atoms with Gasteiger partial charge in [0.1, 0.15) is 10.7 Å². The SMILES string of the molecule is NC(=O)Nc1cc(-c2cccc(F)c2)sc1C(=O)N[C@H]1CCCNC1.O=C(O)/C=C/C(=O)O. The number of rotatable bonds is 6. The molecule has 10 nitrogen and oxygen atoms in total. The van der Waals surface area contributed by atoms with Gasteiger partial charge >= 0.3 is 18.0 Å². The molecule has 1 aliphatic heterocycles. The van der Waals surface area contributed by atoms with Crippen molar-refractivity contribution < 1.29 is 33.8 Å². The second-order valence-electron chi connectivity index (χ2n) is 6.88. The molecule has 0 bridgehead atoms. The number of nitrogens with one attached hydrogen (secondary N) is 3. The van der Waals surface area contributed by atoms with E-state index in [2.05, 4.69) is 16.0 Å². The first-order chi connectivity index (χ1) is 15.7. The fourth-order valence-electron chi connectivity index (χ4n) is 2.94. The number of urea groups is 1. The molecule has 1 aromatic heterocycles. The van der Waals surface area contributed by atoms with Crippen LogP contribution in [0.4, 0.5) is 14.9 Å². The molecule has 0 radical (unpaired) electrons. The minimum atomic E-state index is -1.26. The van der Waals surface area contributed by atoms with E-state index >= 15 is 0 Å². The monoisotopic (exact) mass is 478 g/mol.